The van der Waals surface area contributed by atoms with E-state index in [0.717, 1.165) is 28.4 Å². The molecular weight excluding hydrogens is 272 g/mol. The quantitative estimate of drug-likeness (QED) is 0.614. The van der Waals surface area contributed by atoms with E-state index >= 15 is 0 Å². The lowest BCUT2D eigenvalue weighted by molar-refractivity contribution is 0.696. The van der Waals surface area contributed by atoms with Gasteiger partial charge in [0.25, 0.3) is 0 Å². The molecule has 0 aliphatic carbocycles. The van der Waals surface area contributed by atoms with Gasteiger partial charge in [0.15, 0.2) is 5.82 Å². The fourth-order valence-electron chi connectivity index (χ4n) is 2.92. The van der Waals surface area contributed by atoms with E-state index in [1.807, 2.05) is 35.0 Å². The maximum atomic E-state index is 6.09. The largest absolute Gasteiger partial charge is 0.382 e. The summed E-state index contributed by atoms with van der Waals surface area (Å²) in [6.07, 6.45) is 2.07. The third-order valence-corrected chi connectivity index (χ3v) is 3.95. The summed E-state index contributed by atoms with van der Waals surface area (Å²) in [5.41, 5.74) is 10.2. The van der Waals surface area contributed by atoms with Crippen LogP contribution in [0, 0.1) is 6.92 Å². The van der Waals surface area contributed by atoms with Gasteiger partial charge in [-0.1, -0.05) is 42.5 Å². The van der Waals surface area contributed by atoms with Gasteiger partial charge in [-0.05, 0) is 24.1 Å². The molecule has 108 valence electrons. The van der Waals surface area contributed by atoms with Crippen LogP contribution in [-0.2, 0) is 6.54 Å². The molecule has 0 aliphatic heterocycles. The maximum absolute atomic E-state index is 6.09. The molecule has 0 bridgehead atoms. The number of aromatic nitrogens is 3. The number of hydrogen-bond donors (Lipinski definition) is 1. The lowest BCUT2D eigenvalue weighted by atomic mass is 10.1. The van der Waals surface area contributed by atoms with Crippen molar-refractivity contribution in [1.82, 2.24) is 14.8 Å². The summed E-state index contributed by atoms with van der Waals surface area (Å²) in [6, 6.07) is 16.4. The summed E-state index contributed by atoms with van der Waals surface area (Å²) < 4.78 is 1.93. The van der Waals surface area contributed by atoms with Crippen molar-refractivity contribution in [2.45, 2.75) is 13.5 Å². The molecule has 0 saturated heterocycles. The Kier molecular flexibility index (Phi) is 2.82. The van der Waals surface area contributed by atoms with Crippen LogP contribution in [0.5, 0.6) is 0 Å². The molecule has 0 amide bonds. The van der Waals surface area contributed by atoms with Crippen LogP contribution in [0.25, 0.3) is 21.8 Å². The Morgan fingerprint density at radius 3 is 2.68 bits per heavy atom. The summed E-state index contributed by atoms with van der Waals surface area (Å²) in [7, 11) is 0. The molecule has 2 aromatic carbocycles. The minimum atomic E-state index is 0.486. The van der Waals surface area contributed by atoms with E-state index in [1.54, 1.807) is 0 Å². The lowest BCUT2D eigenvalue weighted by Gasteiger charge is -2.03. The first kappa shape index (κ1) is 12.8. The minimum absolute atomic E-state index is 0.486. The number of pyridine rings is 1. The van der Waals surface area contributed by atoms with E-state index in [0.29, 0.717) is 5.82 Å². The molecule has 0 unspecified atom stereocenters. The van der Waals surface area contributed by atoms with E-state index in [2.05, 4.69) is 41.4 Å². The molecule has 2 heterocycles. The molecule has 0 fully saturated rings. The predicted molar refractivity (Wildman–Crippen MR) is 89.7 cm³/mol. The predicted octanol–water partition coefficient (Wildman–Crippen LogP) is 3.52. The highest BCUT2D eigenvalue weighted by Crippen LogP contribution is 2.29. The number of anilines is 1. The molecule has 4 aromatic rings. The second-order valence-corrected chi connectivity index (χ2v) is 5.54. The Morgan fingerprint density at radius 2 is 1.86 bits per heavy atom. The van der Waals surface area contributed by atoms with Gasteiger partial charge in [-0.25, -0.2) is 4.98 Å². The normalized spacial score (nSPS) is 11.3. The second kappa shape index (κ2) is 4.84. The van der Waals surface area contributed by atoms with Crippen molar-refractivity contribution in [2.75, 3.05) is 5.73 Å². The van der Waals surface area contributed by atoms with Crippen LogP contribution < -0.4 is 5.73 Å². The molecule has 0 spiro atoms. The Balaban J connectivity index is 1.93. The Hall–Kier alpha value is -2.88. The number of nitrogens with two attached hydrogens (primary N) is 1. The molecule has 2 N–H and O–H groups in total. The van der Waals surface area contributed by atoms with E-state index in [1.165, 1.54) is 11.1 Å². The molecule has 22 heavy (non-hydrogen) atoms. The lowest BCUT2D eigenvalue weighted by Crippen LogP contribution is -2.00. The first-order chi connectivity index (χ1) is 10.7. The van der Waals surface area contributed by atoms with Gasteiger partial charge in [0.2, 0.25) is 0 Å². The first-order valence-corrected chi connectivity index (χ1v) is 7.28. The summed E-state index contributed by atoms with van der Waals surface area (Å²) >= 11 is 0. The van der Waals surface area contributed by atoms with Crippen molar-refractivity contribution in [3.63, 3.8) is 0 Å². The second-order valence-electron chi connectivity index (χ2n) is 5.54. The highest BCUT2D eigenvalue weighted by atomic mass is 15.3. The topological polar surface area (TPSA) is 56.7 Å². The average molecular weight is 288 g/mol. The smallest absolute Gasteiger partial charge is 0.152 e. The van der Waals surface area contributed by atoms with Crippen LogP contribution in [0.1, 0.15) is 11.1 Å². The third kappa shape index (κ3) is 2.00. The number of benzene rings is 2. The summed E-state index contributed by atoms with van der Waals surface area (Å²) in [6.45, 7) is 2.82. The standard InChI is InChI=1S/C18H16N4/c1-12-6-5-9-15-16(12)14-11-22(21-17(14)18(19)20-15)10-13-7-3-2-4-8-13/h2-9,11H,10H2,1H3,(H2,19,20). The van der Waals surface area contributed by atoms with Crippen molar-refractivity contribution in [3.8, 4) is 0 Å². The Morgan fingerprint density at radius 1 is 1.05 bits per heavy atom. The summed E-state index contributed by atoms with van der Waals surface area (Å²) in [5.74, 6) is 0.486. The van der Waals surface area contributed by atoms with Crippen molar-refractivity contribution < 1.29 is 0 Å². The van der Waals surface area contributed by atoms with Crippen LogP contribution in [0.3, 0.4) is 0 Å². The van der Waals surface area contributed by atoms with Gasteiger partial charge in [0.1, 0.15) is 5.52 Å². The molecule has 0 aliphatic rings. The zero-order valence-electron chi connectivity index (χ0n) is 12.3. The maximum Gasteiger partial charge on any atom is 0.152 e. The van der Waals surface area contributed by atoms with Gasteiger partial charge in [0.05, 0.1) is 12.1 Å². The zero-order chi connectivity index (χ0) is 15.1. The van der Waals surface area contributed by atoms with Crippen molar-refractivity contribution in [2.24, 2.45) is 0 Å². The third-order valence-electron chi connectivity index (χ3n) is 3.95. The number of hydrogen-bond acceptors (Lipinski definition) is 3. The minimum Gasteiger partial charge on any atom is -0.382 e. The molecule has 0 atom stereocenters. The van der Waals surface area contributed by atoms with Crippen LogP contribution in [0.15, 0.2) is 54.7 Å². The average Bonchev–Trinajstić information content (AvgIpc) is 2.92. The number of rotatable bonds is 2. The van der Waals surface area contributed by atoms with Crippen LogP contribution in [0.4, 0.5) is 5.82 Å². The van der Waals surface area contributed by atoms with Gasteiger partial charge in [-0.15, -0.1) is 0 Å². The van der Waals surface area contributed by atoms with E-state index in [9.17, 15) is 0 Å². The van der Waals surface area contributed by atoms with E-state index in [-0.39, 0.29) is 0 Å². The molecule has 4 heteroatoms. The molecule has 0 saturated carbocycles. The van der Waals surface area contributed by atoms with Crippen molar-refractivity contribution in [1.29, 1.82) is 0 Å². The highest BCUT2D eigenvalue weighted by Gasteiger charge is 2.12. The monoisotopic (exact) mass is 288 g/mol. The van der Waals surface area contributed by atoms with Crippen LogP contribution in [0.2, 0.25) is 0 Å². The van der Waals surface area contributed by atoms with E-state index < -0.39 is 0 Å². The van der Waals surface area contributed by atoms with E-state index in [4.69, 9.17) is 5.73 Å². The van der Waals surface area contributed by atoms with Gasteiger partial charge in [-0.2, -0.15) is 5.10 Å². The van der Waals surface area contributed by atoms with Gasteiger partial charge in [-0.3, -0.25) is 4.68 Å². The molecular formula is C18H16N4. The molecule has 4 nitrogen and oxygen atoms in total. The molecule has 4 rings (SSSR count). The molecule has 2 aromatic heterocycles. The molecule has 0 radical (unpaired) electrons. The Bertz CT molecular complexity index is 971. The van der Waals surface area contributed by atoms with Crippen LogP contribution >= 0.6 is 0 Å². The highest BCUT2D eigenvalue weighted by molar-refractivity contribution is 6.09. The summed E-state index contributed by atoms with van der Waals surface area (Å²) in [4.78, 5) is 4.49. The van der Waals surface area contributed by atoms with Crippen LogP contribution in [-0.4, -0.2) is 14.8 Å². The number of nitrogen functional groups attached to an aromatic ring is 1. The SMILES string of the molecule is Cc1cccc2nc(N)c3nn(Cc4ccccc4)cc3c12. The number of aryl methyl sites for hydroxylation is 1. The van der Waals surface area contributed by atoms with Gasteiger partial charge in [0, 0.05) is 17.0 Å². The number of nitrogens with zero attached hydrogens (tertiary/aromatic N) is 3. The van der Waals surface area contributed by atoms with Crippen molar-refractivity contribution in [3.05, 3.63) is 65.9 Å². The zero-order valence-corrected chi connectivity index (χ0v) is 12.3. The van der Waals surface area contributed by atoms with Gasteiger partial charge < -0.3 is 5.73 Å². The first-order valence-electron chi connectivity index (χ1n) is 7.28. The fourth-order valence-corrected chi connectivity index (χ4v) is 2.92. The summed E-state index contributed by atoms with van der Waals surface area (Å²) in [5, 5.41) is 6.82. The van der Waals surface area contributed by atoms with Gasteiger partial charge >= 0.3 is 0 Å². The van der Waals surface area contributed by atoms with Crippen molar-refractivity contribution >= 4 is 27.6 Å². The number of fused-ring (bicyclic) bond motifs is 3. The fraction of sp³-hybridized carbons (Fsp3) is 0.111. The Labute approximate surface area is 128 Å².